The highest BCUT2D eigenvalue weighted by atomic mass is 19.3. The maximum absolute atomic E-state index is 13.2. The minimum atomic E-state index is -3.67. The van der Waals surface area contributed by atoms with E-state index in [1.54, 1.807) is 18.6 Å². The number of pyridine rings is 2. The third-order valence-corrected chi connectivity index (χ3v) is 4.64. The standard InChI is InChI=1S/C19H10F2N6O2/c20-19(21)28-14-5-12-13(6-15(14)29-19)25-18(24-12)16-11-4-10(8-23-17(11)27-26-16)9-2-1-3-22-7-9/h1-8H,(H,24,25)(H,23,26,27). The summed E-state index contributed by atoms with van der Waals surface area (Å²) < 4.78 is 35.5. The molecule has 0 bridgehead atoms. The molecule has 0 radical (unpaired) electrons. The largest absolute Gasteiger partial charge is 0.586 e. The van der Waals surface area contributed by atoms with Crippen LogP contribution in [0, 0.1) is 0 Å². The van der Waals surface area contributed by atoms with Crippen LogP contribution in [0.4, 0.5) is 8.78 Å². The molecule has 0 amide bonds. The van der Waals surface area contributed by atoms with E-state index in [0.717, 1.165) is 16.5 Å². The predicted octanol–water partition coefficient (Wildman–Crippen LogP) is 3.88. The summed E-state index contributed by atoms with van der Waals surface area (Å²) in [7, 11) is 0. The smallest absolute Gasteiger partial charge is 0.395 e. The summed E-state index contributed by atoms with van der Waals surface area (Å²) in [4.78, 5) is 16.1. The van der Waals surface area contributed by atoms with E-state index in [4.69, 9.17) is 0 Å². The van der Waals surface area contributed by atoms with Crippen LogP contribution in [-0.2, 0) is 0 Å². The molecule has 29 heavy (non-hydrogen) atoms. The number of H-pyrrole nitrogens is 2. The van der Waals surface area contributed by atoms with Gasteiger partial charge in [0.2, 0.25) is 0 Å². The second-order valence-corrected chi connectivity index (χ2v) is 6.50. The highest BCUT2D eigenvalue weighted by molar-refractivity contribution is 5.93. The van der Waals surface area contributed by atoms with Crippen LogP contribution in [0.2, 0.25) is 0 Å². The van der Waals surface area contributed by atoms with Crippen molar-refractivity contribution in [3.05, 3.63) is 48.9 Å². The summed E-state index contributed by atoms with van der Waals surface area (Å²) in [6.45, 7) is 0. The van der Waals surface area contributed by atoms with Gasteiger partial charge in [-0.15, -0.1) is 8.78 Å². The Morgan fingerprint density at radius 1 is 1.00 bits per heavy atom. The van der Waals surface area contributed by atoms with Gasteiger partial charge in [0.15, 0.2) is 23.0 Å². The molecular weight excluding hydrogens is 382 g/mol. The van der Waals surface area contributed by atoms with Crippen LogP contribution in [0.25, 0.3) is 44.7 Å². The van der Waals surface area contributed by atoms with Crippen LogP contribution in [-0.4, -0.2) is 36.4 Å². The maximum Gasteiger partial charge on any atom is 0.586 e. The number of aromatic amines is 2. The van der Waals surface area contributed by atoms with Gasteiger partial charge in [-0.2, -0.15) is 5.10 Å². The number of imidazole rings is 1. The zero-order valence-corrected chi connectivity index (χ0v) is 14.5. The van der Waals surface area contributed by atoms with E-state index in [1.165, 1.54) is 12.1 Å². The number of hydrogen-bond donors (Lipinski definition) is 2. The molecule has 5 aromatic rings. The molecule has 1 aliphatic rings. The fourth-order valence-electron chi connectivity index (χ4n) is 3.34. The molecule has 0 spiro atoms. The van der Waals surface area contributed by atoms with Crippen LogP contribution in [0.1, 0.15) is 0 Å². The van der Waals surface area contributed by atoms with Crippen molar-refractivity contribution in [1.29, 1.82) is 0 Å². The second kappa shape index (κ2) is 5.47. The van der Waals surface area contributed by atoms with Crippen LogP contribution in [0.3, 0.4) is 0 Å². The summed E-state index contributed by atoms with van der Waals surface area (Å²) >= 11 is 0. The van der Waals surface area contributed by atoms with E-state index in [9.17, 15) is 8.78 Å². The molecule has 2 N–H and O–H groups in total. The Bertz CT molecular complexity index is 1350. The first-order chi connectivity index (χ1) is 14.1. The Morgan fingerprint density at radius 3 is 2.69 bits per heavy atom. The monoisotopic (exact) mass is 392 g/mol. The number of rotatable bonds is 2. The summed E-state index contributed by atoms with van der Waals surface area (Å²) in [6, 6.07) is 8.56. The van der Waals surface area contributed by atoms with Gasteiger partial charge in [0.1, 0.15) is 5.69 Å². The van der Waals surface area contributed by atoms with E-state index in [2.05, 4.69) is 39.6 Å². The van der Waals surface area contributed by atoms with Crippen LogP contribution < -0.4 is 9.47 Å². The minimum absolute atomic E-state index is 0.0508. The first-order valence-electron chi connectivity index (χ1n) is 8.60. The van der Waals surface area contributed by atoms with Gasteiger partial charge < -0.3 is 14.5 Å². The Kier molecular flexibility index (Phi) is 3.01. The van der Waals surface area contributed by atoms with Gasteiger partial charge in [-0.05, 0) is 12.1 Å². The Balaban J connectivity index is 1.47. The Hall–Kier alpha value is -4.08. The van der Waals surface area contributed by atoms with Crippen molar-refractivity contribution < 1.29 is 18.3 Å². The van der Waals surface area contributed by atoms with E-state index in [1.807, 2.05) is 18.2 Å². The Morgan fingerprint density at radius 2 is 1.86 bits per heavy atom. The molecule has 1 aliphatic heterocycles. The average molecular weight is 392 g/mol. The summed E-state index contributed by atoms with van der Waals surface area (Å²) in [6.07, 6.45) is 1.52. The van der Waals surface area contributed by atoms with E-state index in [0.29, 0.717) is 28.2 Å². The third-order valence-electron chi connectivity index (χ3n) is 4.64. The maximum atomic E-state index is 13.2. The molecule has 0 saturated carbocycles. The quantitative estimate of drug-likeness (QED) is 0.473. The van der Waals surface area contributed by atoms with Crippen molar-refractivity contribution in [2.24, 2.45) is 0 Å². The van der Waals surface area contributed by atoms with Crippen LogP contribution >= 0.6 is 0 Å². The van der Waals surface area contributed by atoms with Gasteiger partial charge in [0, 0.05) is 41.9 Å². The lowest BCUT2D eigenvalue weighted by Gasteiger charge is -2.04. The van der Waals surface area contributed by atoms with Crippen molar-refractivity contribution in [1.82, 2.24) is 30.1 Å². The number of benzene rings is 1. The number of hydrogen-bond acceptors (Lipinski definition) is 6. The van der Waals surface area contributed by atoms with Crippen molar-refractivity contribution >= 4 is 22.1 Å². The molecule has 0 atom stereocenters. The molecule has 4 aromatic heterocycles. The Labute approximate surface area is 160 Å². The molecule has 142 valence electrons. The molecule has 10 heteroatoms. The minimum Gasteiger partial charge on any atom is -0.395 e. The molecule has 5 heterocycles. The SMILES string of the molecule is FC1(F)Oc2cc3nc(-c4n[nH]c5ncc(-c6cccnc6)cc45)[nH]c3cc2O1. The lowest BCUT2D eigenvalue weighted by atomic mass is 10.1. The number of halogens is 2. The molecule has 0 aliphatic carbocycles. The zero-order chi connectivity index (χ0) is 19.6. The van der Waals surface area contributed by atoms with Crippen molar-refractivity contribution in [3.8, 4) is 34.1 Å². The molecule has 0 unspecified atom stereocenters. The predicted molar refractivity (Wildman–Crippen MR) is 98.4 cm³/mol. The topological polar surface area (TPSA) is 102 Å². The van der Waals surface area contributed by atoms with Gasteiger partial charge in [-0.25, -0.2) is 9.97 Å². The molecular formula is C19H10F2N6O2. The number of fused-ring (bicyclic) bond motifs is 3. The first kappa shape index (κ1) is 15.9. The summed E-state index contributed by atoms with van der Waals surface area (Å²) in [5, 5.41) is 7.96. The fraction of sp³-hybridized carbons (Fsp3) is 0.0526. The van der Waals surface area contributed by atoms with Gasteiger partial charge >= 0.3 is 6.29 Å². The highest BCUT2D eigenvalue weighted by Gasteiger charge is 2.43. The summed E-state index contributed by atoms with van der Waals surface area (Å²) in [5.74, 6) is 0.352. The van der Waals surface area contributed by atoms with Crippen molar-refractivity contribution in [3.63, 3.8) is 0 Å². The van der Waals surface area contributed by atoms with Crippen LogP contribution in [0.15, 0.2) is 48.9 Å². The van der Waals surface area contributed by atoms with Gasteiger partial charge in [0.05, 0.1) is 16.4 Å². The van der Waals surface area contributed by atoms with E-state index in [-0.39, 0.29) is 11.5 Å². The fourth-order valence-corrected chi connectivity index (χ4v) is 3.34. The normalized spacial score (nSPS) is 14.7. The summed E-state index contributed by atoms with van der Waals surface area (Å²) in [5.41, 5.74) is 3.93. The van der Waals surface area contributed by atoms with Crippen molar-refractivity contribution in [2.45, 2.75) is 6.29 Å². The van der Waals surface area contributed by atoms with E-state index < -0.39 is 6.29 Å². The lowest BCUT2D eigenvalue weighted by Crippen LogP contribution is -2.25. The molecule has 8 nitrogen and oxygen atoms in total. The van der Waals surface area contributed by atoms with Gasteiger partial charge in [0.25, 0.3) is 0 Å². The molecule has 6 rings (SSSR count). The number of aromatic nitrogens is 6. The lowest BCUT2D eigenvalue weighted by molar-refractivity contribution is -0.286. The molecule has 1 aromatic carbocycles. The van der Waals surface area contributed by atoms with E-state index >= 15 is 0 Å². The zero-order valence-electron chi connectivity index (χ0n) is 14.5. The van der Waals surface area contributed by atoms with Gasteiger partial charge in [-0.1, -0.05) is 6.07 Å². The average Bonchev–Trinajstić information content (AvgIpc) is 3.38. The van der Waals surface area contributed by atoms with Gasteiger partial charge in [-0.3, -0.25) is 10.1 Å². The first-order valence-corrected chi connectivity index (χ1v) is 8.60. The van der Waals surface area contributed by atoms with Crippen LogP contribution in [0.5, 0.6) is 11.5 Å². The molecule has 0 saturated heterocycles. The number of alkyl halides is 2. The number of ether oxygens (including phenoxy) is 2. The second-order valence-electron chi connectivity index (χ2n) is 6.50. The number of nitrogens with one attached hydrogen (secondary N) is 2. The highest BCUT2D eigenvalue weighted by Crippen LogP contribution is 2.43. The molecule has 0 fully saturated rings. The van der Waals surface area contributed by atoms with Crippen molar-refractivity contribution in [2.75, 3.05) is 0 Å². The number of nitrogens with zero attached hydrogens (tertiary/aromatic N) is 4. The third kappa shape index (κ3) is 2.49.